The van der Waals surface area contributed by atoms with Gasteiger partial charge < -0.3 is 0 Å². The van der Waals surface area contributed by atoms with E-state index in [4.69, 9.17) is 4.74 Å². The van der Waals surface area contributed by atoms with E-state index in [1.807, 2.05) is 12.1 Å². The summed E-state index contributed by atoms with van der Waals surface area (Å²) in [7, 11) is 1.76. The summed E-state index contributed by atoms with van der Waals surface area (Å²) in [6.45, 7) is 2.42. The average molecular weight is 442 g/mol. The fourth-order valence-electron chi connectivity index (χ4n) is 3.68. The van der Waals surface area contributed by atoms with E-state index in [2.05, 4.69) is 22.2 Å². The van der Waals surface area contributed by atoms with E-state index in [9.17, 15) is 9.18 Å². The van der Waals surface area contributed by atoms with E-state index in [0.29, 0.717) is 11.3 Å². The topological polar surface area (TPSA) is 65.6 Å². The van der Waals surface area contributed by atoms with Crippen molar-refractivity contribution in [2.24, 2.45) is 0 Å². The van der Waals surface area contributed by atoms with E-state index >= 15 is 0 Å². The van der Waals surface area contributed by atoms with Crippen LogP contribution in [0.5, 0.6) is 5.75 Å². The molecule has 2 amide bonds. The van der Waals surface area contributed by atoms with Gasteiger partial charge in [0.15, 0.2) is 0 Å². The molecule has 1 unspecified atom stereocenters. The number of amides is 2. The fourth-order valence-corrected chi connectivity index (χ4v) is 6.90. The first-order valence-electron chi connectivity index (χ1n) is 9.17. The normalized spacial score (nSPS) is 18.9. The van der Waals surface area contributed by atoms with Crippen molar-refractivity contribution in [2.75, 3.05) is 26.7 Å². The van der Waals surface area contributed by atoms with Gasteiger partial charge in [0.2, 0.25) is 0 Å². The van der Waals surface area contributed by atoms with Crippen molar-refractivity contribution in [3.63, 3.8) is 0 Å². The molecule has 3 heterocycles. The molecule has 144 valence electrons. The second-order valence-electron chi connectivity index (χ2n) is 7.13. The van der Waals surface area contributed by atoms with Crippen LogP contribution < -0.4 is 25.3 Å². The van der Waals surface area contributed by atoms with Crippen LogP contribution in [0, 0.1) is 5.82 Å². The summed E-state index contributed by atoms with van der Waals surface area (Å²) >= 11 is -0.437. The Bertz CT molecular complexity index is 1010. The summed E-state index contributed by atoms with van der Waals surface area (Å²) < 4.78 is 21.8. The summed E-state index contributed by atoms with van der Waals surface area (Å²) in [5.41, 5.74) is 10.1. The standard InChI is InChI=1S/C20H20AsFN4O2/c1-26-19-15-6-16(21-12-8-23-9-12)14(11-3-2-4-13(22)5-11)7-18(15)28-10-17(19)24-25-20(26)27/h2-7,12,21,23-24H,8-10H2,1H3,(H,25,27). The molecule has 1 atom stereocenters. The van der Waals surface area contributed by atoms with Crippen molar-refractivity contribution in [3.8, 4) is 16.9 Å². The van der Waals surface area contributed by atoms with Crippen molar-refractivity contribution in [1.82, 2.24) is 21.1 Å². The summed E-state index contributed by atoms with van der Waals surface area (Å²) in [5, 5.41) is 3.34. The average Bonchev–Trinajstić information content (AvgIpc) is 2.66. The minimum atomic E-state index is -0.437. The van der Waals surface area contributed by atoms with Crippen LogP contribution in [0.3, 0.4) is 0 Å². The Balaban J connectivity index is 1.66. The second kappa shape index (κ2) is 6.83. The predicted octanol–water partition coefficient (Wildman–Crippen LogP) is 1.17. The van der Waals surface area contributed by atoms with Crippen LogP contribution in [0.15, 0.2) is 42.1 Å². The third-order valence-corrected chi connectivity index (χ3v) is 8.50. The van der Waals surface area contributed by atoms with Crippen LogP contribution in [0.4, 0.5) is 9.18 Å². The number of nitrogens with one attached hydrogen (secondary N) is 3. The van der Waals surface area contributed by atoms with Crippen molar-refractivity contribution in [2.45, 2.75) is 4.71 Å². The van der Waals surface area contributed by atoms with Crippen LogP contribution in [-0.2, 0) is 0 Å². The number of halogens is 1. The van der Waals surface area contributed by atoms with Crippen molar-refractivity contribution in [3.05, 3.63) is 53.5 Å². The van der Waals surface area contributed by atoms with Crippen LogP contribution in [-0.4, -0.2) is 53.4 Å². The molecule has 1 saturated heterocycles. The summed E-state index contributed by atoms with van der Waals surface area (Å²) in [6.07, 6.45) is 0. The summed E-state index contributed by atoms with van der Waals surface area (Å²) in [6, 6.07) is 10.7. The SMILES string of the molecule is CN1C(=O)NNC2=C1c1cc([AsH]C3CNC3)c(-c3cccc(F)c3)cc1OC2. The minimum absolute atomic E-state index is 0.207. The quantitative estimate of drug-likeness (QED) is 0.625. The fraction of sp³-hybridized carbons (Fsp3) is 0.250. The number of carbonyl (C=O) groups is 1. The maximum atomic E-state index is 13.9. The van der Waals surface area contributed by atoms with Crippen LogP contribution in [0.25, 0.3) is 16.8 Å². The Labute approximate surface area is 168 Å². The zero-order chi connectivity index (χ0) is 19.3. The zero-order valence-corrected chi connectivity index (χ0v) is 17.4. The first kappa shape index (κ1) is 17.6. The van der Waals surface area contributed by atoms with Gasteiger partial charge in [0.05, 0.1) is 0 Å². The Morgan fingerprint density at radius 3 is 2.79 bits per heavy atom. The molecule has 5 rings (SSSR count). The van der Waals surface area contributed by atoms with Gasteiger partial charge in [-0.1, -0.05) is 0 Å². The molecule has 1 fully saturated rings. The molecule has 0 bridgehead atoms. The molecule has 2 aromatic rings. The number of nitrogens with zero attached hydrogens (tertiary/aromatic N) is 1. The number of benzene rings is 2. The number of urea groups is 1. The Morgan fingerprint density at radius 2 is 2.04 bits per heavy atom. The van der Waals surface area contributed by atoms with E-state index in [-0.39, 0.29) is 11.8 Å². The van der Waals surface area contributed by atoms with E-state index < -0.39 is 15.8 Å². The van der Waals surface area contributed by atoms with Gasteiger partial charge in [0, 0.05) is 0 Å². The number of fused-ring (bicyclic) bond motifs is 2. The van der Waals surface area contributed by atoms with Gasteiger partial charge in [-0.25, -0.2) is 0 Å². The Hall–Kier alpha value is -2.50. The number of hydrogen-bond donors (Lipinski definition) is 3. The van der Waals surface area contributed by atoms with Gasteiger partial charge in [-0.2, -0.15) is 0 Å². The molecule has 2 aromatic carbocycles. The van der Waals surface area contributed by atoms with Gasteiger partial charge in [0.1, 0.15) is 0 Å². The van der Waals surface area contributed by atoms with Crippen LogP contribution >= 0.6 is 0 Å². The van der Waals surface area contributed by atoms with Crippen molar-refractivity contribution < 1.29 is 13.9 Å². The molecule has 6 nitrogen and oxygen atoms in total. The zero-order valence-electron chi connectivity index (χ0n) is 15.3. The second-order valence-corrected chi connectivity index (χ2v) is 10.6. The predicted molar refractivity (Wildman–Crippen MR) is 107 cm³/mol. The Kier molecular flexibility index (Phi) is 4.29. The molecule has 28 heavy (non-hydrogen) atoms. The molecule has 0 aromatic heterocycles. The number of hydrazine groups is 1. The van der Waals surface area contributed by atoms with Crippen LogP contribution in [0.1, 0.15) is 5.56 Å². The third-order valence-electron chi connectivity index (χ3n) is 5.27. The number of hydrogen-bond acceptors (Lipinski definition) is 4. The summed E-state index contributed by atoms with van der Waals surface area (Å²) in [5.74, 6) is 0.480. The van der Waals surface area contributed by atoms with Gasteiger partial charge in [0.25, 0.3) is 0 Å². The van der Waals surface area contributed by atoms with Gasteiger partial charge in [-0.15, -0.1) is 0 Å². The summed E-state index contributed by atoms with van der Waals surface area (Å²) in [4.78, 5) is 13.8. The number of carbonyl (C=O) groups excluding carboxylic acids is 1. The number of ether oxygens (including phenoxy) is 1. The monoisotopic (exact) mass is 442 g/mol. The molecule has 0 saturated carbocycles. The molecule has 0 spiro atoms. The van der Waals surface area contributed by atoms with Gasteiger partial charge in [-0.3, -0.25) is 0 Å². The molecular formula is C20H20AsFN4O2. The first-order chi connectivity index (χ1) is 13.6. The van der Waals surface area contributed by atoms with Gasteiger partial charge in [-0.05, 0) is 0 Å². The molecule has 3 N–H and O–H groups in total. The van der Waals surface area contributed by atoms with Crippen LogP contribution in [0.2, 0.25) is 4.71 Å². The van der Waals surface area contributed by atoms with E-state index in [0.717, 1.165) is 46.9 Å². The molecule has 0 aliphatic carbocycles. The number of rotatable bonds is 3. The molecular weight excluding hydrogens is 422 g/mol. The van der Waals surface area contributed by atoms with Crippen molar-refractivity contribution >= 4 is 31.8 Å². The first-order valence-corrected chi connectivity index (χ1v) is 11.4. The molecule has 3 aliphatic heterocycles. The molecule has 3 aliphatic rings. The van der Waals surface area contributed by atoms with Crippen molar-refractivity contribution in [1.29, 1.82) is 0 Å². The Morgan fingerprint density at radius 1 is 1.18 bits per heavy atom. The maximum absolute atomic E-state index is 13.9. The third kappa shape index (κ3) is 2.95. The molecule has 0 radical (unpaired) electrons. The van der Waals surface area contributed by atoms with Gasteiger partial charge >= 0.3 is 169 Å². The molecule has 8 heteroatoms. The van der Waals surface area contributed by atoms with E-state index in [1.165, 1.54) is 10.4 Å². The van der Waals surface area contributed by atoms with E-state index in [1.54, 1.807) is 24.1 Å².